The van der Waals surface area contributed by atoms with E-state index in [0.717, 1.165) is 16.7 Å². The Kier molecular flexibility index (Phi) is 6.71. The van der Waals surface area contributed by atoms with Crippen molar-refractivity contribution < 1.29 is 15.3 Å². The molecule has 0 bridgehead atoms. The monoisotopic (exact) mass is 604 g/mol. The summed E-state index contributed by atoms with van der Waals surface area (Å²) in [6.45, 7) is 0. The van der Waals surface area contributed by atoms with E-state index >= 15 is 0 Å². The van der Waals surface area contributed by atoms with Gasteiger partial charge in [-0.1, -0.05) is 91.0 Å². The van der Waals surface area contributed by atoms with Crippen LogP contribution in [-0.2, 0) is 0 Å². The van der Waals surface area contributed by atoms with E-state index in [0.29, 0.717) is 46.6 Å². The average molecular weight is 605 g/mol. The van der Waals surface area contributed by atoms with E-state index in [-0.39, 0.29) is 17.6 Å². The Labute approximate surface area is 252 Å². The van der Waals surface area contributed by atoms with Gasteiger partial charge in [-0.2, -0.15) is 9.97 Å². The van der Waals surface area contributed by atoms with Crippen LogP contribution in [-0.4, -0.2) is 35.3 Å². The number of rotatable bonds is 6. The molecule has 0 atom stereocenters. The predicted molar refractivity (Wildman–Crippen MR) is 169 cm³/mol. The molecule has 0 radical (unpaired) electrons. The first-order valence-electron chi connectivity index (χ1n) is 12.8. The molecule has 10 heteroatoms. The molecule has 0 unspecified atom stereocenters. The molecule has 0 aliphatic rings. The summed E-state index contributed by atoms with van der Waals surface area (Å²) in [5, 5.41) is 33.8. The highest BCUT2D eigenvalue weighted by Gasteiger charge is 2.21. The molecule has 0 aliphatic carbocycles. The molecule has 0 amide bonds. The summed E-state index contributed by atoms with van der Waals surface area (Å²) in [6, 6.07) is 32.4. The Morgan fingerprint density at radius 3 is 1.10 bits per heavy atom. The van der Waals surface area contributed by atoms with Gasteiger partial charge in [0, 0.05) is 5.56 Å². The van der Waals surface area contributed by atoms with Crippen LogP contribution in [0.4, 0.5) is 0 Å². The highest BCUT2D eigenvalue weighted by Crippen LogP contribution is 2.45. The van der Waals surface area contributed by atoms with Crippen molar-refractivity contribution in [2.75, 3.05) is 0 Å². The standard InChI is InChI=1S/C32H20N4O3S3/c37-27-24(18-10-4-1-5-11-18)40-30(34-27)21-16-22(31-35-28(38)25(41-31)19-12-6-2-7-13-19)33-23(17-21)32-36-29(39)26(42-32)20-14-8-3-9-15-20/h1-17,37-39H. The number of nitrogens with zero attached hydrogens (tertiary/aromatic N) is 4. The fraction of sp³-hybridized carbons (Fsp3) is 0. The number of aromatic hydroxyl groups is 3. The molecule has 0 spiro atoms. The highest BCUT2D eigenvalue weighted by molar-refractivity contribution is 7.19. The van der Waals surface area contributed by atoms with Crippen molar-refractivity contribution in [3.8, 4) is 80.9 Å². The van der Waals surface area contributed by atoms with Crippen molar-refractivity contribution in [3.63, 3.8) is 0 Å². The van der Waals surface area contributed by atoms with Crippen LogP contribution in [0.1, 0.15) is 0 Å². The molecule has 7 aromatic rings. The quantitative estimate of drug-likeness (QED) is 0.174. The predicted octanol–water partition coefficient (Wildman–Crippen LogP) is 8.57. The zero-order valence-electron chi connectivity index (χ0n) is 21.7. The van der Waals surface area contributed by atoms with E-state index in [2.05, 4.69) is 15.0 Å². The lowest BCUT2D eigenvalue weighted by atomic mass is 10.2. The van der Waals surface area contributed by atoms with Gasteiger partial charge >= 0.3 is 0 Å². The Hall–Kier alpha value is -4.90. The lowest BCUT2D eigenvalue weighted by Crippen LogP contribution is -1.90. The van der Waals surface area contributed by atoms with Gasteiger partial charge in [0.15, 0.2) is 0 Å². The molecule has 7 nitrogen and oxygen atoms in total. The van der Waals surface area contributed by atoms with Crippen LogP contribution < -0.4 is 0 Å². The number of benzene rings is 3. The Morgan fingerprint density at radius 2 is 0.714 bits per heavy atom. The summed E-state index contributed by atoms with van der Waals surface area (Å²) < 4.78 is 0. The van der Waals surface area contributed by atoms with Crippen LogP contribution in [0.3, 0.4) is 0 Å². The minimum absolute atomic E-state index is 0.0578. The van der Waals surface area contributed by atoms with Gasteiger partial charge in [0.25, 0.3) is 0 Å². The lowest BCUT2D eigenvalue weighted by Gasteiger charge is -2.04. The first-order valence-corrected chi connectivity index (χ1v) is 15.3. The van der Waals surface area contributed by atoms with Gasteiger partial charge in [0.2, 0.25) is 17.6 Å². The van der Waals surface area contributed by atoms with Crippen LogP contribution >= 0.6 is 34.0 Å². The van der Waals surface area contributed by atoms with Gasteiger partial charge in [-0.25, -0.2) is 9.97 Å². The fourth-order valence-electron chi connectivity index (χ4n) is 4.48. The lowest BCUT2D eigenvalue weighted by molar-refractivity contribution is 0.459. The van der Waals surface area contributed by atoms with Gasteiger partial charge in [0.1, 0.15) is 26.4 Å². The molecule has 0 fully saturated rings. The minimum atomic E-state index is -0.0773. The van der Waals surface area contributed by atoms with Gasteiger partial charge in [0.05, 0.1) is 14.6 Å². The molecule has 0 saturated heterocycles. The maximum absolute atomic E-state index is 10.7. The van der Waals surface area contributed by atoms with Crippen molar-refractivity contribution >= 4 is 34.0 Å². The summed E-state index contributed by atoms with van der Waals surface area (Å²) in [5.41, 5.74) is 4.29. The third kappa shape index (κ3) is 4.92. The molecule has 0 aliphatic heterocycles. The minimum Gasteiger partial charge on any atom is -0.492 e. The van der Waals surface area contributed by atoms with Crippen molar-refractivity contribution in [1.29, 1.82) is 0 Å². The maximum Gasteiger partial charge on any atom is 0.230 e. The third-order valence-corrected chi connectivity index (χ3v) is 9.82. The number of aromatic nitrogens is 4. The van der Waals surface area contributed by atoms with E-state index < -0.39 is 0 Å². The molecule has 4 heterocycles. The molecule has 3 N–H and O–H groups in total. The smallest absolute Gasteiger partial charge is 0.230 e. The fourth-order valence-corrected chi connectivity index (χ4v) is 7.29. The van der Waals surface area contributed by atoms with E-state index in [1.165, 1.54) is 34.0 Å². The van der Waals surface area contributed by atoms with Crippen LogP contribution in [0.15, 0.2) is 103 Å². The first kappa shape index (κ1) is 26.0. The molecular formula is C32H20N4O3S3. The summed E-state index contributed by atoms with van der Waals surface area (Å²) in [7, 11) is 0. The van der Waals surface area contributed by atoms with Crippen LogP contribution in [0.5, 0.6) is 17.6 Å². The van der Waals surface area contributed by atoms with E-state index in [1.54, 1.807) is 0 Å². The average Bonchev–Trinajstić information content (AvgIpc) is 3.74. The van der Waals surface area contributed by atoms with Crippen molar-refractivity contribution in [2.45, 2.75) is 0 Å². The van der Waals surface area contributed by atoms with Gasteiger partial charge in [-0.3, -0.25) is 0 Å². The van der Waals surface area contributed by atoms with Gasteiger partial charge < -0.3 is 15.3 Å². The van der Waals surface area contributed by atoms with Gasteiger partial charge in [-0.05, 0) is 28.8 Å². The second kappa shape index (κ2) is 10.8. The molecular weight excluding hydrogens is 585 g/mol. The normalized spacial score (nSPS) is 11.1. The van der Waals surface area contributed by atoms with Crippen LogP contribution in [0, 0.1) is 0 Å². The number of thiazole rings is 3. The molecule has 4 aromatic heterocycles. The van der Waals surface area contributed by atoms with Crippen LogP contribution in [0.25, 0.3) is 63.3 Å². The van der Waals surface area contributed by atoms with Gasteiger partial charge in [-0.15, -0.1) is 34.0 Å². The highest BCUT2D eigenvalue weighted by atomic mass is 32.1. The molecule has 0 saturated carbocycles. The zero-order chi connectivity index (χ0) is 28.6. The van der Waals surface area contributed by atoms with E-state index in [4.69, 9.17) is 4.98 Å². The second-order valence-corrected chi connectivity index (χ2v) is 12.2. The van der Waals surface area contributed by atoms with Crippen LogP contribution in [0.2, 0.25) is 0 Å². The number of hydrogen-bond acceptors (Lipinski definition) is 10. The largest absolute Gasteiger partial charge is 0.492 e. The number of pyridine rings is 1. The van der Waals surface area contributed by atoms with E-state index in [9.17, 15) is 15.3 Å². The summed E-state index contributed by atoms with van der Waals surface area (Å²) in [6.07, 6.45) is 0. The summed E-state index contributed by atoms with van der Waals surface area (Å²) in [5.74, 6) is -0.212. The van der Waals surface area contributed by atoms with Crippen molar-refractivity contribution in [1.82, 2.24) is 19.9 Å². The Balaban J connectivity index is 1.38. The maximum atomic E-state index is 10.7. The third-order valence-electron chi connectivity index (χ3n) is 6.45. The summed E-state index contributed by atoms with van der Waals surface area (Å²) in [4.78, 5) is 20.2. The molecule has 3 aromatic carbocycles. The summed E-state index contributed by atoms with van der Waals surface area (Å²) >= 11 is 4.02. The Bertz CT molecular complexity index is 1780. The molecule has 7 rings (SSSR count). The topological polar surface area (TPSA) is 112 Å². The Morgan fingerprint density at radius 1 is 0.381 bits per heavy atom. The van der Waals surface area contributed by atoms with Crippen molar-refractivity contribution in [2.24, 2.45) is 0 Å². The SMILES string of the molecule is Oc1nc(-c2cc(-c3nc(O)c(-c4ccccc4)s3)nc(-c3nc(O)c(-c4ccccc4)s3)c2)sc1-c1ccccc1. The first-order chi connectivity index (χ1) is 20.5. The van der Waals surface area contributed by atoms with Crippen molar-refractivity contribution in [3.05, 3.63) is 103 Å². The molecule has 42 heavy (non-hydrogen) atoms. The number of hydrogen-bond donors (Lipinski definition) is 3. The zero-order valence-corrected chi connectivity index (χ0v) is 24.1. The molecule has 204 valence electrons. The second-order valence-electron chi connectivity index (χ2n) is 9.24. The van der Waals surface area contributed by atoms with E-state index in [1.807, 2.05) is 103 Å².